The monoisotopic (exact) mass is 436 g/mol. The molecular weight excluding hydrogens is 411 g/mol. The van der Waals surface area contributed by atoms with Crippen molar-refractivity contribution < 1.29 is 14.3 Å². The van der Waals surface area contributed by atoms with Gasteiger partial charge >= 0.3 is 0 Å². The lowest BCUT2D eigenvalue weighted by Crippen LogP contribution is -2.37. The number of aryl methyl sites for hydroxylation is 1. The van der Waals surface area contributed by atoms with Gasteiger partial charge in [0, 0.05) is 36.7 Å². The van der Waals surface area contributed by atoms with Crippen LogP contribution in [0.3, 0.4) is 0 Å². The van der Waals surface area contributed by atoms with E-state index in [1.807, 2.05) is 0 Å². The molecule has 0 saturated carbocycles. The number of nitrogens with zero attached hydrogens (tertiary/aromatic N) is 2. The molecule has 1 aliphatic heterocycles. The van der Waals surface area contributed by atoms with E-state index in [0.717, 1.165) is 25.7 Å². The zero-order valence-corrected chi connectivity index (χ0v) is 17.7. The Morgan fingerprint density at radius 3 is 2.75 bits per heavy atom. The Kier molecular flexibility index (Phi) is 6.58. The van der Waals surface area contributed by atoms with Gasteiger partial charge in [-0.15, -0.1) is 0 Å². The number of aromatic nitrogens is 2. The molecule has 3 heterocycles. The molecule has 0 saturated heterocycles. The van der Waals surface area contributed by atoms with E-state index >= 15 is 0 Å². The highest BCUT2D eigenvalue weighted by Crippen LogP contribution is 2.15. The van der Waals surface area contributed by atoms with Crippen molar-refractivity contribution in [1.82, 2.24) is 15.3 Å². The first-order valence-corrected chi connectivity index (χ1v) is 10.8. The minimum atomic E-state index is -0.500. The third-order valence-corrected chi connectivity index (χ3v) is 5.62. The number of pyridine rings is 2. The van der Waals surface area contributed by atoms with Gasteiger partial charge in [0.25, 0.3) is 5.91 Å². The van der Waals surface area contributed by atoms with E-state index in [9.17, 15) is 19.1 Å². The van der Waals surface area contributed by atoms with Gasteiger partial charge in [-0.2, -0.15) is 0 Å². The Bertz CT molecular complexity index is 1330. The number of amides is 1. The van der Waals surface area contributed by atoms with Crippen LogP contribution >= 0.6 is 0 Å². The van der Waals surface area contributed by atoms with Crippen molar-refractivity contribution in [2.24, 2.45) is 4.99 Å². The van der Waals surface area contributed by atoms with Crippen molar-refractivity contribution in [1.29, 1.82) is 0 Å². The number of hydrogen-bond donors (Lipinski definition) is 3. The van der Waals surface area contributed by atoms with E-state index in [1.54, 1.807) is 12.1 Å². The standard InChI is InChI=1S/C24H25FN4O3/c25-16-9-7-15-8-10-19(30)21-22(31)20-17(6-5-13-26-20)23(29-21)27-11-3-1-2-4-12-28-24(32)18(15)14-16/h5-7,9,13-14,30H,1-4,8,10-12H2,(H,27,29)(H,28,32). The maximum absolute atomic E-state index is 13.8. The number of aromatic amines is 1. The molecule has 3 N–H and O–H groups in total. The predicted molar refractivity (Wildman–Crippen MR) is 120 cm³/mol. The molecule has 0 radical (unpaired) electrons. The quantitative estimate of drug-likeness (QED) is 0.503. The molecule has 0 spiro atoms. The highest BCUT2D eigenvalue weighted by Gasteiger charge is 2.14. The molecule has 7 nitrogen and oxygen atoms in total. The molecule has 2 bridgehead atoms. The Balaban J connectivity index is 1.83. The summed E-state index contributed by atoms with van der Waals surface area (Å²) in [4.78, 5) is 37.4. The highest BCUT2D eigenvalue weighted by atomic mass is 19.1. The number of aliphatic hydroxyl groups excluding tert-OH is 1. The topological polar surface area (TPSA) is 107 Å². The normalized spacial score (nSPS) is 16.0. The van der Waals surface area contributed by atoms with Crippen LogP contribution in [0.4, 0.5) is 4.39 Å². The van der Waals surface area contributed by atoms with Gasteiger partial charge in [-0.05, 0) is 49.1 Å². The van der Waals surface area contributed by atoms with Crippen molar-refractivity contribution in [2.45, 2.75) is 38.5 Å². The Morgan fingerprint density at radius 2 is 1.88 bits per heavy atom. The van der Waals surface area contributed by atoms with Crippen LogP contribution in [-0.4, -0.2) is 34.1 Å². The van der Waals surface area contributed by atoms with Crippen molar-refractivity contribution in [3.05, 3.63) is 74.5 Å². The van der Waals surface area contributed by atoms with E-state index in [0.29, 0.717) is 29.5 Å². The summed E-state index contributed by atoms with van der Waals surface area (Å²) in [5.74, 6) is -0.995. The van der Waals surface area contributed by atoms with Crippen LogP contribution in [0.15, 0.2) is 46.3 Å². The summed E-state index contributed by atoms with van der Waals surface area (Å²) in [5, 5.41) is 14.3. The lowest BCUT2D eigenvalue weighted by Gasteiger charge is -2.10. The number of nitrogens with one attached hydrogen (secondary N) is 2. The number of carbonyl (C=O) groups is 1. The zero-order valence-electron chi connectivity index (χ0n) is 17.7. The number of H-pyrrole nitrogens is 1. The van der Waals surface area contributed by atoms with E-state index in [-0.39, 0.29) is 40.9 Å². The molecule has 0 fully saturated rings. The van der Waals surface area contributed by atoms with Gasteiger partial charge in [0.2, 0.25) is 5.43 Å². The third kappa shape index (κ3) is 4.69. The van der Waals surface area contributed by atoms with Crippen LogP contribution < -0.4 is 21.6 Å². The second-order valence-corrected chi connectivity index (χ2v) is 7.88. The minimum Gasteiger partial charge on any atom is -0.510 e. The third-order valence-electron chi connectivity index (χ3n) is 5.62. The van der Waals surface area contributed by atoms with E-state index in [2.05, 4.69) is 20.3 Å². The average molecular weight is 436 g/mol. The first kappa shape index (κ1) is 21.7. The second kappa shape index (κ2) is 9.72. The largest absolute Gasteiger partial charge is 0.510 e. The molecule has 0 aliphatic carbocycles. The molecule has 0 atom stereocenters. The Morgan fingerprint density at radius 1 is 1.03 bits per heavy atom. The molecule has 3 aromatic rings. The van der Waals surface area contributed by atoms with Gasteiger partial charge in [-0.3, -0.25) is 19.6 Å². The molecule has 1 aliphatic rings. The first-order chi connectivity index (χ1) is 15.5. The Hall–Kier alpha value is -3.55. The number of rotatable bonds is 0. The minimum absolute atomic E-state index is 0.0346. The molecule has 166 valence electrons. The van der Waals surface area contributed by atoms with Gasteiger partial charge in [-0.1, -0.05) is 18.9 Å². The SMILES string of the molecule is O=C1NCCCCCCN=c2[nH]c(c(=O)c3ncccc23)=C(O)CCc2ccc(F)cc21. The average Bonchev–Trinajstić information content (AvgIpc) is 2.80. The van der Waals surface area contributed by atoms with Crippen molar-refractivity contribution in [3.63, 3.8) is 0 Å². The number of aliphatic hydroxyl groups is 1. The second-order valence-electron chi connectivity index (χ2n) is 7.88. The highest BCUT2D eigenvalue weighted by molar-refractivity contribution is 5.95. The van der Waals surface area contributed by atoms with Crippen LogP contribution in [0.5, 0.6) is 0 Å². The van der Waals surface area contributed by atoms with Crippen LogP contribution in [0.2, 0.25) is 0 Å². The van der Waals surface area contributed by atoms with Crippen LogP contribution in [0.25, 0.3) is 16.7 Å². The molecular formula is C24H25FN4O3. The maximum Gasteiger partial charge on any atom is 0.251 e. The lowest BCUT2D eigenvalue weighted by atomic mass is 10.0. The fourth-order valence-corrected chi connectivity index (χ4v) is 3.90. The number of halogens is 1. The Labute approximate surface area is 183 Å². The fourth-order valence-electron chi connectivity index (χ4n) is 3.90. The predicted octanol–water partition coefficient (Wildman–Crippen LogP) is 2.28. The summed E-state index contributed by atoms with van der Waals surface area (Å²) >= 11 is 0. The van der Waals surface area contributed by atoms with Gasteiger partial charge < -0.3 is 15.4 Å². The number of fused-ring (bicyclic) bond motifs is 5. The molecule has 4 rings (SSSR count). The summed E-state index contributed by atoms with van der Waals surface area (Å²) in [5.41, 5.74) is 1.18. The summed E-state index contributed by atoms with van der Waals surface area (Å²) < 4.78 is 13.8. The van der Waals surface area contributed by atoms with Crippen molar-refractivity contribution in [3.8, 4) is 0 Å². The first-order valence-electron chi connectivity index (χ1n) is 10.8. The van der Waals surface area contributed by atoms with E-state index in [1.165, 1.54) is 24.4 Å². The van der Waals surface area contributed by atoms with Gasteiger partial charge in [-0.25, -0.2) is 4.39 Å². The summed E-state index contributed by atoms with van der Waals surface area (Å²) in [7, 11) is 0. The molecule has 32 heavy (non-hydrogen) atoms. The number of hydrogen-bond acceptors (Lipinski definition) is 5. The zero-order chi connectivity index (χ0) is 22.5. The van der Waals surface area contributed by atoms with Gasteiger partial charge in [0.15, 0.2) is 0 Å². The van der Waals surface area contributed by atoms with E-state index < -0.39 is 11.2 Å². The maximum atomic E-state index is 13.8. The summed E-state index contributed by atoms with van der Waals surface area (Å²) in [6, 6.07) is 7.56. The molecule has 1 amide bonds. The molecule has 0 unspecified atom stereocenters. The molecule has 8 heteroatoms. The fraction of sp³-hybridized carbons (Fsp3) is 0.333. The van der Waals surface area contributed by atoms with Crippen molar-refractivity contribution in [2.75, 3.05) is 13.1 Å². The number of carbonyl (C=O) groups excluding carboxylic acids is 1. The smallest absolute Gasteiger partial charge is 0.251 e. The summed E-state index contributed by atoms with van der Waals surface area (Å²) in [6.07, 6.45) is 5.42. The van der Waals surface area contributed by atoms with Crippen LogP contribution in [0.1, 0.15) is 48.0 Å². The number of benzene rings is 1. The van der Waals surface area contributed by atoms with E-state index in [4.69, 9.17) is 0 Å². The summed E-state index contributed by atoms with van der Waals surface area (Å²) in [6.45, 7) is 1.07. The molecule has 2 aromatic heterocycles. The van der Waals surface area contributed by atoms with Crippen LogP contribution in [-0.2, 0) is 6.42 Å². The molecule has 1 aromatic carbocycles. The van der Waals surface area contributed by atoms with Crippen molar-refractivity contribution >= 4 is 22.6 Å². The lowest BCUT2D eigenvalue weighted by molar-refractivity contribution is 0.0951. The van der Waals surface area contributed by atoms with Gasteiger partial charge in [0.1, 0.15) is 27.9 Å². The van der Waals surface area contributed by atoms with Crippen LogP contribution in [0, 0.1) is 5.82 Å². The van der Waals surface area contributed by atoms with Gasteiger partial charge in [0.05, 0.1) is 0 Å².